The minimum absolute atomic E-state index is 0.0132. The molecule has 0 aromatic carbocycles. The quantitative estimate of drug-likeness (QED) is 0.788. The summed E-state index contributed by atoms with van der Waals surface area (Å²) in [7, 11) is 0. The van der Waals surface area contributed by atoms with Crippen molar-refractivity contribution in [3.05, 3.63) is 35.6 Å². The number of hydrogen-bond donors (Lipinski definition) is 1. The number of amides is 1. The number of hydrogen-bond acceptors (Lipinski definition) is 6. The maximum absolute atomic E-state index is 12.8. The predicted molar refractivity (Wildman–Crippen MR) is 99.3 cm³/mol. The van der Waals surface area contributed by atoms with Gasteiger partial charge < -0.3 is 19.3 Å². The van der Waals surface area contributed by atoms with Gasteiger partial charge in [-0.3, -0.25) is 9.69 Å². The Labute approximate surface area is 160 Å². The molecular formula is C20H29NO6. The molecule has 0 saturated heterocycles. The van der Waals surface area contributed by atoms with Crippen LogP contribution in [-0.4, -0.2) is 45.3 Å². The molecule has 0 aromatic rings. The third kappa shape index (κ3) is 4.18. The molecule has 0 radical (unpaired) electrons. The van der Waals surface area contributed by atoms with Crippen molar-refractivity contribution < 1.29 is 28.9 Å². The second kappa shape index (κ2) is 7.38. The van der Waals surface area contributed by atoms with Gasteiger partial charge in [0.1, 0.15) is 5.60 Å². The molecule has 150 valence electrons. The Bertz CT molecular complexity index is 710. The van der Waals surface area contributed by atoms with E-state index in [0.29, 0.717) is 6.42 Å². The SMILES string of the molecule is CC(C)OC1=C(OC(C)C)C(O)(C2=CCC=CN2C(=O)OC(C)(C)C)C1=O. The van der Waals surface area contributed by atoms with Gasteiger partial charge in [-0.2, -0.15) is 0 Å². The first-order valence-corrected chi connectivity index (χ1v) is 9.12. The van der Waals surface area contributed by atoms with Crippen molar-refractivity contribution in [2.45, 2.75) is 78.3 Å². The Kier molecular flexibility index (Phi) is 5.75. The van der Waals surface area contributed by atoms with Crippen molar-refractivity contribution in [3.63, 3.8) is 0 Å². The van der Waals surface area contributed by atoms with E-state index in [4.69, 9.17) is 14.2 Å². The summed E-state index contributed by atoms with van der Waals surface area (Å²) in [6.45, 7) is 12.3. The molecule has 2 rings (SSSR count). The summed E-state index contributed by atoms with van der Waals surface area (Å²) in [5.41, 5.74) is -2.72. The van der Waals surface area contributed by atoms with Gasteiger partial charge in [0.05, 0.1) is 17.9 Å². The van der Waals surface area contributed by atoms with Crippen LogP contribution in [0.1, 0.15) is 54.9 Å². The first-order valence-electron chi connectivity index (χ1n) is 9.12. The number of ether oxygens (including phenoxy) is 3. The minimum atomic E-state index is -2.09. The molecule has 2 aliphatic rings. The van der Waals surface area contributed by atoms with Crippen LogP contribution in [0.25, 0.3) is 0 Å². The van der Waals surface area contributed by atoms with E-state index < -0.39 is 23.1 Å². The first kappa shape index (κ1) is 21.0. The molecule has 0 spiro atoms. The van der Waals surface area contributed by atoms with Gasteiger partial charge in [-0.1, -0.05) is 12.2 Å². The monoisotopic (exact) mass is 379 g/mol. The molecule has 0 aromatic heterocycles. The van der Waals surface area contributed by atoms with E-state index >= 15 is 0 Å². The van der Waals surface area contributed by atoms with Gasteiger partial charge in [0.15, 0.2) is 5.76 Å². The molecule has 1 aliphatic carbocycles. The predicted octanol–water partition coefficient (Wildman–Crippen LogP) is 3.40. The fourth-order valence-electron chi connectivity index (χ4n) is 2.74. The maximum atomic E-state index is 12.8. The first-order chi connectivity index (χ1) is 12.4. The average molecular weight is 379 g/mol. The van der Waals surface area contributed by atoms with Crippen molar-refractivity contribution in [3.8, 4) is 0 Å². The summed E-state index contributed by atoms with van der Waals surface area (Å²) in [5, 5.41) is 11.2. The van der Waals surface area contributed by atoms with Crippen LogP contribution in [0, 0.1) is 0 Å². The third-order valence-electron chi connectivity index (χ3n) is 3.70. The van der Waals surface area contributed by atoms with E-state index in [0.717, 1.165) is 4.90 Å². The molecular weight excluding hydrogens is 350 g/mol. The van der Waals surface area contributed by atoms with Gasteiger partial charge in [0.2, 0.25) is 17.1 Å². The highest BCUT2D eigenvalue weighted by Crippen LogP contribution is 2.45. The fourth-order valence-corrected chi connectivity index (χ4v) is 2.74. The van der Waals surface area contributed by atoms with Crippen molar-refractivity contribution in [1.29, 1.82) is 0 Å². The van der Waals surface area contributed by atoms with Gasteiger partial charge in [0, 0.05) is 6.20 Å². The molecule has 0 bridgehead atoms. The molecule has 1 heterocycles. The van der Waals surface area contributed by atoms with E-state index in [1.165, 1.54) is 6.20 Å². The standard InChI is InChI=1S/C20H29NO6/c1-12(2)25-15-16(22)20(24,17(15)26-13(3)4)14-10-8-9-11-21(14)18(23)27-19(5,6)7/h9-13,24H,8H2,1-7H3. The Morgan fingerprint density at radius 3 is 2.30 bits per heavy atom. The highest BCUT2D eigenvalue weighted by molar-refractivity contribution is 6.12. The molecule has 1 amide bonds. The minimum Gasteiger partial charge on any atom is -0.487 e. The summed E-state index contributed by atoms with van der Waals surface area (Å²) in [5.74, 6) is -0.631. The fraction of sp³-hybridized carbons (Fsp3) is 0.600. The number of ketones is 1. The maximum Gasteiger partial charge on any atom is 0.418 e. The summed E-state index contributed by atoms with van der Waals surface area (Å²) in [6.07, 6.45) is 4.05. The van der Waals surface area contributed by atoms with Gasteiger partial charge in [-0.15, -0.1) is 0 Å². The van der Waals surface area contributed by atoms with Crippen molar-refractivity contribution in [2.75, 3.05) is 0 Å². The smallest absolute Gasteiger partial charge is 0.418 e. The lowest BCUT2D eigenvalue weighted by atomic mass is 9.78. The lowest BCUT2D eigenvalue weighted by Gasteiger charge is -2.43. The van der Waals surface area contributed by atoms with Crippen LogP contribution >= 0.6 is 0 Å². The Morgan fingerprint density at radius 2 is 1.78 bits per heavy atom. The number of allylic oxidation sites excluding steroid dienone is 2. The van der Waals surface area contributed by atoms with Crippen LogP contribution in [-0.2, 0) is 19.0 Å². The third-order valence-corrected chi connectivity index (χ3v) is 3.70. The van der Waals surface area contributed by atoms with E-state index in [1.807, 2.05) is 0 Å². The zero-order chi connectivity index (χ0) is 20.6. The second-order valence-electron chi connectivity index (χ2n) is 8.09. The number of Topliss-reactive ketones (excluding diaryl/α,β-unsaturated/α-hetero) is 1. The van der Waals surface area contributed by atoms with Crippen LogP contribution < -0.4 is 0 Å². The molecule has 0 saturated carbocycles. The number of carbonyl (C=O) groups excluding carboxylic acids is 2. The van der Waals surface area contributed by atoms with Crippen molar-refractivity contribution in [2.24, 2.45) is 0 Å². The summed E-state index contributed by atoms with van der Waals surface area (Å²) in [4.78, 5) is 26.6. The second-order valence-corrected chi connectivity index (χ2v) is 8.09. The molecule has 7 nitrogen and oxygen atoms in total. The van der Waals surface area contributed by atoms with E-state index in [9.17, 15) is 14.7 Å². The number of aliphatic hydroxyl groups is 1. The van der Waals surface area contributed by atoms with Gasteiger partial charge in [-0.25, -0.2) is 4.79 Å². The Morgan fingerprint density at radius 1 is 1.19 bits per heavy atom. The zero-order valence-electron chi connectivity index (χ0n) is 17.0. The van der Waals surface area contributed by atoms with Crippen molar-refractivity contribution in [1.82, 2.24) is 4.90 Å². The van der Waals surface area contributed by atoms with Crippen molar-refractivity contribution >= 4 is 11.9 Å². The summed E-state index contributed by atoms with van der Waals surface area (Å²) in [6, 6.07) is 0. The van der Waals surface area contributed by atoms with Crippen LogP contribution in [0.15, 0.2) is 35.6 Å². The summed E-state index contributed by atoms with van der Waals surface area (Å²) < 4.78 is 16.6. The van der Waals surface area contributed by atoms with E-state index in [-0.39, 0.29) is 29.4 Å². The normalized spacial score (nSPS) is 22.8. The van der Waals surface area contributed by atoms with Gasteiger partial charge in [0.25, 0.3) is 0 Å². The molecule has 27 heavy (non-hydrogen) atoms. The van der Waals surface area contributed by atoms with E-state index in [1.54, 1.807) is 60.6 Å². The summed E-state index contributed by atoms with van der Waals surface area (Å²) >= 11 is 0. The van der Waals surface area contributed by atoms with Crippen LogP contribution in [0.3, 0.4) is 0 Å². The molecule has 1 atom stereocenters. The van der Waals surface area contributed by atoms with E-state index in [2.05, 4.69) is 0 Å². The highest BCUT2D eigenvalue weighted by Gasteiger charge is 2.61. The molecule has 1 aliphatic heterocycles. The molecule has 7 heteroatoms. The Balaban J connectivity index is 2.43. The zero-order valence-corrected chi connectivity index (χ0v) is 17.0. The van der Waals surface area contributed by atoms with Gasteiger partial charge in [-0.05, 0) is 54.9 Å². The average Bonchev–Trinajstić information content (AvgIpc) is 2.55. The highest BCUT2D eigenvalue weighted by atomic mass is 16.6. The Hall–Kier alpha value is -2.28. The largest absolute Gasteiger partial charge is 0.487 e. The topological polar surface area (TPSA) is 85.3 Å². The number of carbonyl (C=O) groups is 2. The van der Waals surface area contributed by atoms with Gasteiger partial charge >= 0.3 is 6.09 Å². The lowest BCUT2D eigenvalue weighted by molar-refractivity contribution is -0.147. The molecule has 0 fully saturated rings. The number of nitrogens with zero attached hydrogens (tertiary/aromatic N) is 1. The van der Waals surface area contributed by atoms with Crippen LogP contribution in [0.5, 0.6) is 0 Å². The number of rotatable bonds is 5. The van der Waals surface area contributed by atoms with Crippen LogP contribution in [0.2, 0.25) is 0 Å². The lowest BCUT2D eigenvalue weighted by Crippen LogP contribution is -2.58. The van der Waals surface area contributed by atoms with Crippen LogP contribution in [0.4, 0.5) is 4.79 Å². The molecule has 1 N–H and O–H groups in total. The molecule has 1 unspecified atom stereocenters.